The first-order chi connectivity index (χ1) is 17.2. The highest BCUT2D eigenvalue weighted by atomic mass is 35.5. The molecule has 0 spiro atoms. The Bertz CT molecular complexity index is 1410. The van der Waals surface area contributed by atoms with Crippen LogP contribution in [0.5, 0.6) is 11.5 Å². The van der Waals surface area contributed by atoms with Crippen LogP contribution in [0.4, 0.5) is 27.6 Å². The molecule has 0 unspecified atom stereocenters. The van der Waals surface area contributed by atoms with Crippen LogP contribution in [0.25, 0.3) is 5.82 Å². The van der Waals surface area contributed by atoms with Crippen LogP contribution in [0.1, 0.15) is 40.4 Å². The van der Waals surface area contributed by atoms with E-state index in [9.17, 15) is 31.5 Å². The summed E-state index contributed by atoms with van der Waals surface area (Å²) in [6.45, 7) is 3.14. The van der Waals surface area contributed by atoms with Crippen LogP contribution in [-0.2, 0) is 6.18 Å². The van der Waals surface area contributed by atoms with Crippen molar-refractivity contribution >= 4 is 40.7 Å². The molecule has 37 heavy (non-hydrogen) atoms. The maximum atomic E-state index is 13.8. The zero-order valence-electron chi connectivity index (χ0n) is 18.6. The Labute approximate surface area is 214 Å². The van der Waals surface area contributed by atoms with Crippen molar-refractivity contribution in [3.05, 3.63) is 57.5 Å². The maximum Gasteiger partial charge on any atom is 0.586 e. The first-order valence-corrected chi connectivity index (χ1v) is 11.0. The van der Waals surface area contributed by atoms with E-state index in [0.717, 1.165) is 6.07 Å². The van der Waals surface area contributed by atoms with Gasteiger partial charge in [0.2, 0.25) is 0 Å². The Morgan fingerprint density at radius 3 is 2.43 bits per heavy atom. The van der Waals surface area contributed by atoms with Crippen molar-refractivity contribution in [2.45, 2.75) is 32.4 Å². The molecule has 0 fully saturated rings. The third kappa shape index (κ3) is 5.25. The number of carbonyl (C=O) groups excluding carboxylic acids is 2. The average molecular weight is 566 g/mol. The molecule has 2 N–H and O–H groups in total. The highest BCUT2D eigenvalue weighted by Gasteiger charge is 2.47. The number of rotatable bonds is 5. The van der Waals surface area contributed by atoms with Gasteiger partial charge >= 0.3 is 12.5 Å². The number of nitrogens with zero attached hydrogens (tertiary/aromatic N) is 3. The number of aromatic nitrogens is 3. The first kappa shape index (κ1) is 26.4. The Balaban J connectivity index is 1.84. The van der Waals surface area contributed by atoms with Crippen molar-refractivity contribution in [3.63, 3.8) is 0 Å². The summed E-state index contributed by atoms with van der Waals surface area (Å²) in [6, 6.07) is 3.50. The van der Waals surface area contributed by atoms with E-state index < -0.39 is 69.5 Å². The van der Waals surface area contributed by atoms with E-state index in [0.29, 0.717) is 10.7 Å². The second-order valence-corrected chi connectivity index (χ2v) is 8.63. The minimum atomic E-state index is -4.95. The normalized spacial score (nSPS) is 14.1. The van der Waals surface area contributed by atoms with E-state index in [1.54, 1.807) is 13.8 Å². The van der Waals surface area contributed by atoms with Gasteiger partial charge in [0, 0.05) is 24.4 Å². The number of pyridine rings is 1. The fourth-order valence-corrected chi connectivity index (χ4v) is 3.72. The molecule has 3 heterocycles. The number of ether oxygens (including phenoxy) is 2. The monoisotopic (exact) mass is 565 g/mol. The fourth-order valence-electron chi connectivity index (χ4n) is 3.28. The minimum Gasteiger partial charge on any atom is -0.395 e. The predicted octanol–water partition coefficient (Wildman–Crippen LogP) is 5.30. The predicted molar refractivity (Wildman–Crippen MR) is 120 cm³/mol. The lowest BCUT2D eigenvalue weighted by Crippen LogP contribution is -2.32. The molecule has 16 heteroatoms. The lowest BCUT2D eigenvalue weighted by molar-refractivity contribution is -0.286. The van der Waals surface area contributed by atoms with Gasteiger partial charge in [-0.1, -0.05) is 23.2 Å². The van der Waals surface area contributed by atoms with Gasteiger partial charge < -0.3 is 20.1 Å². The molecule has 2 amide bonds. The Morgan fingerprint density at radius 2 is 1.81 bits per heavy atom. The number of amides is 2. The molecular formula is C21H14Cl2F5N5O4. The van der Waals surface area contributed by atoms with Gasteiger partial charge in [0.05, 0.1) is 15.7 Å². The molecule has 0 bridgehead atoms. The van der Waals surface area contributed by atoms with Crippen molar-refractivity contribution in [3.8, 4) is 17.3 Å². The molecule has 4 rings (SSSR count). The van der Waals surface area contributed by atoms with E-state index in [1.165, 1.54) is 18.3 Å². The second-order valence-electron chi connectivity index (χ2n) is 7.82. The van der Waals surface area contributed by atoms with Crippen LogP contribution in [0.3, 0.4) is 0 Å². The summed E-state index contributed by atoms with van der Waals surface area (Å²) in [5.41, 5.74) is -3.33. The highest BCUT2D eigenvalue weighted by Crippen LogP contribution is 2.49. The molecule has 196 valence electrons. The summed E-state index contributed by atoms with van der Waals surface area (Å²) < 4.78 is 77.2. The molecular weight excluding hydrogens is 552 g/mol. The van der Waals surface area contributed by atoms with Crippen molar-refractivity contribution in [1.29, 1.82) is 0 Å². The Morgan fingerprint density at radius 1 is 1.11 bits per heavy atom. The number of nitrogens with one attached hydrogen (secondary N) is 2. The van der Waals surface area contributed by atoms with Crippen LogP contribution in [0.15, 0.2) is 30.5 Å². The van der Waals surface area contributed by atoms with E-state index in [1.807, 2.05) is 0 Å². The van der Waals surface area contributed by atoms with Crippen LogP contribution in [-0.4, -0.2) is 38.9 Å². The second kappa shape index (κ2) is 9.34. The molecule has 0 atom stereocenters. The van der Waals surface area contributed by atoms with E-state index in [2.05, 4.69) is 30.2 Å². The average Bonchev–Trinajstić information content (AvgIpc) is 3.34. The summed E-state index contributed by atoms with van der Waals surface area (Å²) >= 11 is 12.2. The van der Waals surface area contributed by atoms with Gasteiger partial charge in [-0.15, -0.1) is 8.78 Å². The van der Waals surface area contributed by atoms with Crippen LogP contribution in [0.2, 0.25) is 10.0 Å². The minimum absolute atomic E-state index is 0.131. The topological polar surface area (TPSA) is 107 Å². The van der Waals surface area contributed by atoms with Gasteiger partial charge in [-0.25, -0.2) is 9.67 Å². The molecule has 9 nitrogen and oxygen atoms in total. The van der Waals surface area contributed by atoms with Crippen LogP contribution >= 0.6 is 23.2 Å². The lowest BCUT2D eigenvalue weighted by Gasteiger charge is -2.16. The summed E-state index contributed by atoms with van der Waals surface area (Å²) in [5.74, 6) is -3.87. The number of hydrogen-bond donors (Lipinski definition) is 2. The van der Waals surface area contributed by atoms with Gasteiger partial charge in [-0.2, -0.15) is 18.3 Å². The number of fused-ring (bicyclic) bond motifs is 1. The summed E-state index contributed by atoms with van der Waals surface area (Å²) in [4.78, 5) is 30.0. The number of anilines is 1. The van der Waals surface area contributed by atoms with Gasteiger partial charge in [-0.05, 0) is 26.0 Å². The van der Waals surface area contributed by atoms with E-state index in [4.69, 9.17) is 23.2 Å². The molecule has 0 aliphatic carbocycles. The molecule has 0 radical (unpaired) electrons. The van der Waals surface area contributed by atoms with Crippen molar-refractivity contribution in [2.75, 3.05) is 5.32 Å². The molecule has 1 aliphatic heterocycles. The van der Waals surface area contributed by atoms with Crippen molar-refractivity contribution < 1.29 is 41.0 Å². The smallest absolute Gasteiger partial charge is 0.395 e. The lowest BCUT2D eigenvalue weighted by atomic mass is 10.1. The zero-order valence-corrected chi connectivity index (χ0v) is 20.1. The zero-order chi connectivity index (χ0) is 27.3. The van der Waals surface area contributed by atoms with E-state index in [-0.39, 0.29) is 10.8 Å². The molecule has 1 aromatic carbocycles. The SMILES string of the molecule is CC(C)NC(=O)c1c(NC(=O)c2cc(C(F)(F)F)nn2-c2ncccc2Cl)c(Cl)cc2c1OC(F)(F)O2. The fraction of sp³-hybridized carbons (Fsp3) is 0.238. The molecule has 1 aliphatic rings. The largest absolute Gasteiger partial charge is 0.586 e. The Hall–Kier alpha value is -3.65. The summed E-state index contributed by atoms with van der Waals surface area (Å²) in [5, 5.41) is 7.46. The first-order valence-electron chi connectivity index (χ1n) is 10.2. The van der Waals surface area contributed by atoms with Gasteiger partial charge in [0.25, 0.3) is 11.8 Å². The molecule has 0 saturated heterocycles. The molecule has 0 saturated carbocycles. The van der Waals surface area contributed by atoms with Crippen LogP contribution in [0, 0.1) is 0 Å². The number of alkyl halides is 5. The maximum absolute atomic E-state index is 13.8. The standard InChI is InChI=1S/C21H14Cl2F5N5O4/c1-8(2)30-19(35)14-15(10(23)6-12-16(14)37-21(27,28)36-12)31-18(34)11-7-13(20(24,25)26)32-33(11)17-9(22)4-3-5-29-17/h3-8H,1-2H3,(H,30,35)(H,31,34). The number of halogens is 7. The summed E-state index contributed by atoms with van der Waals surface area (Å²) in [7, 11) is 0. The van der Waals surface area contributed by atoms with Crippen LogP contribution < -0.4 is 20.1 Å². The van der Waals surface area contributed by atoms with E-state index >= 15 is 0 Å². The van der Waals surface area contributed by atoms with Gasteiger partial charge in [-0.3, -0.25) is 9.59 Å². The molecule has 2 aromatic heterocycles. The van der Waals surface area contributed by atoms with Crippen molar-refractivity contribution in [1.82, 2.24) is 20.1 Å². The third-order valence-electron chi connectivity index (χ3n) is 4.70. The van der Waals surface area contributed by atoms with Gasteiger partial charge in [0.1, 0.15) is 11.3 Å². The van der Waals surface area contributed by atoms with Crippen molar-refractivity contribution in [2.24, 2.45) is 0 Å². The van der Waals surface area contributed by atoms with Gasteiger partial charge in [0.15, 0.2) is 23.0 Å². The molecule has 3 aromatic rings. The number of hydrogen-bond acceptors (Lipinski definition) is 6. The number of carbonyl (C=O) groups is 2. The Kier molecular flexibility index (Phi) is 6.67. The third-order valence-corrected chi connectivity index (χ3v) is 5.30. The number of benzene rings is 1. The highest BCUT2D eigenvalue weighted by molar-refractivity contribution is 6.35. The summed E-state index contributed by atoms with van der Waals surface area (Å²) in [6.07, 6.45) is -7.88. The quantitative estimate of drug-likeness (QED) is 0.406.